The van der Waals surface area contributed by atoms with Gasteiger partial charge in [0.15, 0.2) is 17.1 Å². The number of benzene rings is 2. The van der Waals surface area contributed by atoms with E-state index in [9.17, 15) is 0 Å². The Bertz CT molecular complexity index is 1040. The van der Waals surface area contributed by atoms with Crippen LogP contribution in [0.15, 0.2) is 48.8 Å². The van der Waals surface area contributed by atoms with Gasteiger partial charge in [0.05, 0.1) is 26.1 Å². The highest BCUT2D eigenvalue weighted by atomic mass is 35.5. The number of hydrogen-bond donors (Lipinski definition) is 0. The van der Waals surface area contributed by atoms with E-state index in [4.69, 9.17) is 21.1 Å². The van der Waals surface area contributed by atoms with E-state index < -0.39 is 0 Å². The van der Waals surface area contributed by atoms with E-state index in [2.05, 4.69) is 10.1 Å². The monoisotopic (exact) mass is 339 g/mol. The van der Waals surface area contributed by atoms with Crippen molar-refractivity contribution in [2.75, 3.05) is 14.2 Å². The lowest BCUT2D eigenvalue weighted by atomic mass is 10.1. The van der Waals surface area contributed by atoms with Crippen molar-refractivity contribution in [3.63, 3.8) is 0 Å². The lowest BCUT2D eigenvalue weighted by Gasteiger charge is -2.09. The Labute approximate surface area is 143 Å². The molecule has 5 nitrogen and oxygen atoms in total. The Morgan fingerprint density at radius 1 is 0.917 bits per heavy atom. The molecule has 0 unspecified atom stereocenters. The van der Waals surface area contributed by atoms with Gasteiger partial charge in [-0.05, 0) is 41.8 Å². The van der Waals surface area contributed by atoms with E-state index >= 15 is 0 Å². The molecule has 6 heteroatoms. The molecule has 4 aromatic rings. The van der Waals surface area contributed by atoms with Crippen LogP contribution in [0.25, 0.3) is 27.5 Å². The van der Waals surface area contributed by atoms with Gasteiger partial charge in [0.1, 0.15) is 0 Å². The molecule has 0 fully saturated rings. The lowest BCUT2D eigenvalue weighted by Crippen LogP contribution is -1.97. The molecule has 120 valence electrons. The molecule has 24 heavy (non-hydrogen) atoms. The topological polar surface area (TPSA) is 49.2 Å². The van der Waals surface area contributed by atoms with Crippen LogP contribution in [0.3, 0.4) is 0 Å². The van der Waals surface area contributed by atoms with Crippen molar-refractivity contribution >= 4 is 33.4 Å². The molecule has 0 bridgehead atoms. The van der Waals surface area contributed by atoms with E-state index in [0.29, 0.717) is 16.5 Å². The van der Waals surface area contributed by atoms with Gasteiger partial charge in [-0.1, -0.05) is 11.6 Å². The molecular formula is C18H14ClN3O2. The number of nitrogens with zero attached hydrogens (tertiary/aromatic N) is 3. The number of fused-ring (bicyclic) bond motifs is 3. The number of aromatic nitrogens is 3. The predicted molar refractivity (Wildman–Crippen MR) is 94.5 cm³/mol. The normalized spacial score (nSPS) is 11.1. The third-order valence-electron chi connectivity index (χ3n) is 3.99. The summed E-state index contributed by atoms with van der Waals surface area (Å²) in [6.45, 7) is 0. The van der Waals surface area contributed by atoms with Gasteiger partial charge >= 0.3 is 0 Å². The van der Waals surface area contributed by atoms with Crippen LogP contribution in [0.2, 0.25) is 5.02 Å². The zero-order valence-electron chi connectivity index (χ0n) is 13.2. The molecule has 0 aliphatic heterocycles. The lowest BCUT2D eigenvalue weighted by molar-refractivity contribution is 0.356. The van der Waals surface area contributed by atoms with Crippen LogP contribution < -0.4 is 9.47 Å². The van der Waals surface area contributed by atoms with Crippen molar-refractivity contribution in [2.24, 2.45) is 0 Å². The first kappa shape index (κ1) is 14.8. The molecule has 0 atom stereocenters. The number of pyridine rings is 1. The van der Waals surface area contributed by atoms with E-state index in [1.54, 1.807) is 18.9 Å². The smallest absolute Gasteiger partial charge is 0.163 e. The van der Waals surface area contributed by atoms with Gasteiger partial charge in [-0.15, -0.1) is 0 Å². The second-order valence-corrected chi connectivity index (χ2v) is 5.76. The Morgan fingerprint density at radius 2 is 1.62 bits per heavy atom. The van der Waals surface area contributed by atoms with Gasteiger partial charge in [-0.25, -0.2) is 9.67 Å². The van der Waals surface area contributed by atoms with Gasteiger partial charge in [-0.2, -0.15) is 5.10 Å². The van der Waals surface area contributed by atoms with Crippen molar-refractivity contribution in [1.29, 1.82) is 0 Å². The summed E-state index contributed by atoms with van der Waals surface area (Å²) in [5, 5.41) is 8.10. The summed E-state index contributed by atoms with van der Waals surface area (Å²) < 4.78 is 12.6. The van der Waals surface area contributed by atoms with Crippen LogP contribution in [0, 0.1) is 0 Å². The van der Waals surface area contributed by atoms with Gasteiger partial charge in [0.2, 0.25) is 0 Å². The van der Waals surface area contributed by atoms with Gasteiger partial charge in [0, 0.05) is 22.0 Å². The Kier molecular flexibility index (Phi) is 3.50. The molecule has 4 rings (SSSR count). The quantitative estimate of drug-likeness (QED) is 0.560. The summed E-state index contributed by atoms with van der Waals surface area (Å²) in [6, 6.07) is 11.4. The summed E-state index contributed by atoms with van der Waals surface area (Å²) >= 11 is 5.96. The third-order valence-corrected chi connectivity index (χ3v) is 4.24. The number of methoxy groups -OCH3 is 2. The minimum Gasteiger partial charge on any atom is -0.493 e. The highest BCUT2D eigenvalue weighted by Crippen LogP contribution is 2.35. The second-order valence-electron chi connectivity index (χ2n) is 5.32. The Balaban J connectivity index is 1.98. The van der Waals surface area contributed by atoms with E-state index in [1.165, 1.54) is 0 Å². The number of ether oxygens (including phenoxy) is 2. The van der Waals surface area contributed by atoms with Crippen molar-refractivity contribution in [3.05, 3.63) is 53.8 Å². The SMILES string of the molecule is COc1cc2cnc3c(cnn3-c3ccc(Cl)cc3)c2cc1OC. The zero-order valence-corrected chi connectivity index (χ0v) is 13.9. The molecule has 2 aromatic carbocycles. The molecule has 0 aliphatic carbocycles. The molecule has 0 spiro atoms. The molecule has 0 amide bonds. The largest absolute Gasteiger partial charge is 0.493 e. The van der Waals surface area contributed by atoms with Crippen LogP contribution in [0.4, 0.5) is 0 Å². The fourth-order valence-electron chi connectivity index (χ4n) is 2.79. The summed E-state index contributed by atoms with van der Waals surface area (Å²) in [5.41, 5.74) is 1.68. The van der Waals surface area contributed by atoms with Crippen molar-refractivity contribution in [2.45, 2.75) is 0 Å². The fraction of sp³-hybridized carbons (Fsp3) is 0.111. The first-order valence-electron chi connectivity index (χ1n) is 7.35. The molecule has 0 aliphatic rings. The molecule has 2 heterocycles. The molecular weight excluding hydrogens is 326 g/mol. The highest BCUT2D eigenvalue weighted by Gasteiger charge is 2.13. The predicted octanol–water partition coefficient (Wildman–Crippen LogP) is 4.24. The van der Waals surface area contributed by atoms with E-state index in [0.717, 1.165) is 27.5 Å². The fourth-order valence-corrected chi connectivity index (χ4v) is 2.92. The first-order valence-corrected chi connectivity index (χ1v) is 7.73. The number of halogens is 1. The van der Waals surface area contributed by atoms with Gasteiger partial charge in [0.25, 0.3) is 0 Å². The summed E-state index contributed by atoms with van der Waals surface area (Å²) in [4.78, 5) is 4.57. The summed E-state index contributed by atoms with van der Waals surface area (Å²) in [5.74, 6) is 1.35. The number of hydrogen-bond acceptors (Lipinski definition) is 4. The Morgan fingerprint density at radius 3 is 2.33 bits per heavy atom. The second kappa shape index (κ2) is 5.69. The van der Waals surface area contributed by atoms with Crippen LogP contribution >= 0.6 is 11.6 Å². The van der Waals surface area contributed by atoms with Crippen LogP contribution in [0.1, 0.15) is 0 Å². The zero-order chi connectivity index (χ0) is 16.7. The van der Waals surface area contributed by atoms with Crippen LogP contribution in [-0.2, 0) is 0 Å². The van der Waals surface area contributed by atoms with Crippen molar-refractivity contribution < 1.29 is 9.47 Å². The summed E-state index contributed by atoms with van der Waals surface area (Å²) in [7, 11) is 3.24. The average molecular weight is 340 g/mol. The third kappa shape index (κ3) is 2.25. The standard InChI is InChI=1S/C18H14ClN3O2/c1-23-16-7-11-9-20-18-15(14(11)8-17(16)24-2)10-21-22(18)13-5-3-12(19)4-6-13/h3-10H,1-2H3. The first-order chi connectivity index (χ1) is 11.7. The molecule has 0 radical (unpaired) electrons. The van der Waals surface area contributed by atoms with Crippen LogP contribution in [-0.4, -0.2) is 29.0 Å². The summed E-state index contributed by atoms with van der Waals surface area (Å²) in [6.07, 6.45) is 3.62. The molecule has 0 saturated heterocycles. The molecule has 0 N–H and O–H groups in total. The van der Waals surface area contributed by atoms with Gasteiger partial charge in [-0.3, -0.25) is 0 Å². The number of rotatable bonds is 3. The molecule has 0 saturated carbocycles. The average Bonchev–Trinajstić information content (AvgIpc) is 3.05. The maximum Gasteiger partial charge on any atom is 0.163 e. The Hall–Kier alpha value is -2.79. The van der Waals surface area contributed by atoms with Gasteiger partial charge < -0.3 is 9.47 Å². The maximum atomic E-state index is 5.96. The highest BCUT2D eigenvalue weighted by molar-refractivity contribution is 6.30. The van der Waals surface area contributed by atoms with Crippen molar-refractivity contribution in [1.82, 2.24) is 14.8 Å². The van der Waals surface area contributed by atoms with Crippen LogP contribution in [0.5, 0.6) is 11.5 Å². The van der Waals surface area contributed by atoms with E-state index in [-0.39, 0.29) is 0 Å². The minimum absolute atomic E-state index is 0.677. The van der Waals surface area contributed by atoms with E-state index in [1.807, 2.05) is 48.8 Å². The maximum absolute atomic E-state index is 5.96. The molecule has 2 aromatic heterocycles. The minimum atomic E-state index is 0.677. The van der Waals surface area contributed by atoms with Crippen molar-refractivity contribution in [3.8, 4) is 17.2 Å².